The highest BCUT2D eigenvalue weighted by atomic mass is 19.1. The van der Waals surface area contributed by atoms with Crippen LogP contribution < -0.4 is 5.32 Å². The minimum Gasteiger partial charge on any atom is -0.371 e. The number of benzene rings is 1. The Hall–Kier alpha value is -1.97. The smallest absolute Gasteiger partial charge is 0.186 e. The Labute approximate surface area is 111 Å². The summed E-state index contributed by atoms with van der Waals surface area (Å²) >= 11 is 0. The van der Waals surface area contributed by atoms with E-state index in [-0.39, 0.29) is 11.7 Å². The number of anilines is 1. The van der Waals surface area contributed by atoms with Crippen molar-refractivity contribution in [3.63, 3.8) is 0 Å². The van der Waals surface area contributed by atoms with E-state index >= 15 is 0 Å². The van der Waals surface area contributed by atoms with Crippen LogP contribution in [0.3, 0.4) is 0 Å². The lowest BCUT2D eigenvalue weighted by Crippen LogP contribution is -2.10. The van der Waals surface area contributed by atoms with Gasteiger partial charge in [-0.25, -0.2) is 14.4 Å². The van der Waals surface area contributed by atoms with E-state index in [0.29, 0.717) is 11.5 Å². The SMILES string of the molecule is CNc1nc(C2Cc3ccccc3C2)nc(C)c1F. The number of aryl methyl sites for hydroxylation is 1. The van der Waals surface area contributed by atoms with Crippen LogP contribution in [0.1, 0.15) is 28.6 Å². The van der Waals surface area contributed by atoms with Crippen molar-refractivity contribution in [3.8, 4) is 0 Å². The van der Waals surface area contributed by atoms with E-state index < -0.39 is 0 Å². The standard InChI is InChI=1S/C15H16FN3/c1-9-13(16)15(17-2)19-14(18-9)12-7-10-5-3-4-6-11(10)8-12/h3-6,12H,7-8H2,1-2H3,(H,17,18,19). The summed E-state index contributed by atoms with van der Waals surface area (Å²) in [5.41, 5.74) is 3.11. The van der Waals surface area contributed by atoms with Gasteiger partial charge in [0.05, 0.1) is 5.69 Å². The van der Waals surface area contributed by atoms with Crippen LogP contribution in [0.5, 0.6) is 0 Å². The van der Waals surface area contributed by atoms with Crippen LogP contribution in [0.4, 0.5) is 10.2 Å². The Morgan fingerprint density at radius 1 is 1.16 bits per heavy atom. The average molecular weight is 257 g/mol. The molecule has 1 aliphatic carbocycles. The molecule has 0 saturated heterocycles. The van der Waals surface area contributed by atoms with Gasteiger partial charge in [-0.3, -0.25) is 0 Å². The first-order chi connectivity index (χ1) is 9.19. The average Bonchev–Trinajstić information content (AvgIpc) is 2.85. The van der Waals surface area contributed by atoms with Crippen molar-refractivity contribution in [2.45, 2.75) is 25.7 Å². The molecule has 1 heterocycles. The molecule has 2 aromatic rings. The maximum atomic E-state index is 13.7. The number of halogens is 1. The summed E-state index contributed by atoms with van der Waals surface area (Å²) in [6.45, 7) is 1.68. The molecule has 0 bridgehead atoms. The van der Waals surface area contributed by atoms with E-state index in [1.54, 1.807) is 14.0 Å². The quantitative estimate of drug-likeness (QED) is 0.899. The van der Waals surface area contributed by atoms with Gasteiger partial charge in [-0.2, -0.15) is 0 Å². The summed E-state index contributed by atoms with van der Waals surface area (Å²) in [7, 11) is 1.68. The third kappa shape index (κ3) is 2.07. The molecule has 0 spiro atoms. The zero-order valence-electron chi connectivity index (χ0n) is 11.1. The molecule has 19 heavy (non-hydrogen) atoms. The van der Waals surface area contributed by atoms with Crippen molar-refractivity contribution in [1.29, 1.82) is 0 Å². The van der Waals surface area contributed by atoms with Crippen LogP contribution in [0, 0.1) is 12.7 Å². The predicted molar refractivity (Wildman–Crippen MR) is 72.9 cm³/mol. The second kappa shape index (κ2) is 4.61. The minimum absolute atomic E-state index is 0.254. The Morgan fingerprint density at radius 3 is 2.37 bits per heavy atom. The van der Waals surface area contributed by atoms with Crippen LogP contribution in [0.15, 0.2) is 24.3 Å². The van der Waals surface area contributed by atoms with Gasteiger partial charge in [-0.15, -0.1) is 0 Å². The molecule has 0 radical (unpaired) electrons. The topological polar surface area (TPSA) is 37.8 Å². The van der Waals surface area contributed by atoms with Crippen LogP contribution in [-0.4, -0.2) is 17.0 Å². The molecule has 3 rings (SSSR count). The first-order valence-electron chi connectivity index (χ1n) is 6.47. The van der Waals surface area contributed by atoms with Gasteiger partial charge >= 0.3 is 0 Å². The van der Waals surface area contributed by atoms with E-state index in [9.17, 15) is 4.39 Å². The van der Waals surface area contributed by atoms with Crippen LogP contribution >= 0.6 is 0 Å². The molecule has 0 fully saturated rings. The lowest BCUT2D eigenvalue weighted by Gasteiger charge is -2.11. The minimum atomic E-state index is -0.359. The van der Waals surface area contributed by atoms with Gasteiger partial charge in [0, 0.05) is 13.0 Å². The first kappa shape index (κ1) is 12.1. The summed E-state index contributed by atoms with van der Waals surface area (Å²) in [4.78, 5) is 8.64. The van der Waals surface area contributed by atoms with E-state index in [4.69, 9.17) is 0 Å². The van der Waals surface area contributed by atoms with E-state index in [1.165, 1.54) is 11.1 Å². The normalized spacial score (nSPS) is 14.5. The molecule has 1 aliphatic rings. The maximum absolute atomic E-state index is 13.7. The number of nitrogens with one attached hydrogen (secondary N) is 1. The fourth-order valence-electron chi connectivity index (χ4n) is 2.67. The van der Waals surface area contributed by atoms with E-state index in [2.05, 4.69) is 39.6 Å². The first-order valence-corrected chi connectivity index (χ1v) is 6.47. The zero-order valence-corrected chi connectivity index (χ0v) is 11.1. The van der Waals surface area contributed by atoms with Crippen LogP contribution in [-0.2, 0) is 12.8 Å². The molecule has 3 nitrogen and oxygen atoms in total. The molecule has 0 aliphatic heterocycles. The van der Waals surface area contributed by atoms with Crippen molar-refractivity contribution in [1.82, 2.24) is 9.97 Å². The van der Waals surface area contributed by atoms with Crippen molar-refractivity contribution < 1.29 is 4.39 Å². The Morgan fingerprint density at radius 2 is 1.79 bits per heavy atom. The van der Waals surface area contributed by atoms with Gasteiger partial charge in [0.15, 0.2) is 11.6 Å². The lowest BCUT2D eigenvalue weighted by atomic mass is 10.1. The second-order valence-electron chi connectivity index (χ2n) is 4.95. The van der Waals surface area contributed by atoms with Gasteiger partial charge < -0.3 is 5.32 Å². The van der Waals surface area contributed by atoms with Crippen molar-refractivity contribution >= 4 is 5.82 Å². The highest BCUT2D eigenvalue weighted by molar-refractivity contribution is 5.40. The van der Waals surface area contributed by atoms with Crippen LogP contribution in [0.2, 0.25) is 0 Å². The van der Waals surface area contributed by atoms with E-state index in [1.807, 2.05) is 0 Å². The molecule has 1 aromatic heterocycles. The fraction of sp³-hybridized carbons (Fsp3) is 0.333. The Kier molecular flexibility index (Phi) is 2.93. The number of hydrogen-bond donors (Lipinski definition) is 1. The summed E-state index contributed by atoms with van der Waals surface area (Å²) in [6, 6.07) is 8.39. The molecular formula is C15H16FN3. The Bertz CT molecular complexity index is 600. The fourth-order valence-corrected chi connectivity index (χ4v) is 2.67. The number of fused-ring (bicyclic) bond motifs is 1. The highest BCUT2D eigenvalue weighted by Gasteiger charge is 2.26. The third-order valence-electron chi connectivity index (χ3n) is 3.69. The highest BCUT2D eigenvalue weighted by Crippen LogP contribution is 2.33. The summed E-state index contributed by atoms with van der Waals surface area (Å²) in [6.07, 6.45) is 1.87. The van der Waals surface area contributed by atoms with Gasteiger partial charge in [0.2, 0.25) is 0 Å². The van der Waals surface area contributed by atoms with Gasteiger partial charge in [0.25, 0.3) is 0 Å². The van der Waals surface area contributed by atoms with Gasteiger partial charge in [-0.1, -0.05) is 24.3 Å². The molecule has 0 amide bonds. The van der Waals surface area contributed by atoms with Crippen molar-refractivity contribution in [2.24, 2.45) is 0 Å². The van der Waals surface area contributed by atoms with Crippen molar-refractivity contribution in [2.75, 3.05) is 12.4 Å². The Balaban J connectivity index is 1.95. The molecule has 4 heteroatoms. The second-order valence-corrected chi connectivity index (χ2v) is 4.95. The third-order valence-corrected chi connectivity index (χ3v) is 3.69. The molecule has 98 valence electrons. The summed E-state index contributed by atoms with van der Waals surface area (Å²) in [5, 5.41) is 2.79. The number of aromatic nitrogens is 2. The molecule has 1 N–H and O–H groups in total. The predicted octanol–water partition coefficient (Wildman–Crippen LogP) is 2.85. The van der Waals surface area contributed by atoms with Crippen molar-refractivity contribution in [3.05, 3.63) is 52.7 Å². The molecule has 0 saturated carbocycles. The molecule has 0 atom stereocenters. The maximum Gasteiger partial charge on any atom is 0.186 e. The van der Waals surface area contributed by atoms with Gasteiger partial charge in [0.1, 0.15) is 5.82 Å². The van der Waals surface area contributed by atoms with Crippen LogP contribution in [0.25, 0.3) is 0 Å². The monoisotopic (exact) mass is 257 g/mol. The molecule has 0 unspecified atom stereocenters. The lowest BCUT2D eigenvalue weighted by molar-refractivity contribution is 0.588. The largest absolute Gasteiger partial charge is 0.371 e. The molecule has 1 aromatic carbocycles. The number of rotatable bonds is 2. The summed E-state index contributed by atoms with van der Waals surface area (Å²) < 4.78 is 13.7. The number of nitrogens with zero attached hydrogens (tertiary/aromatic N) is 2. The van der Waals surface area contributed by atoms with Gasteiger partial charge in [-0.05, 0) is 30.9 Å². The number of hydrogen-bond acceptors (Lipinski definition) is 3. The van der Waals surface area contributed by atoms with E-state index in [0.717, 1.165) is 18.7 Å². The molecular weight excluding hydrogens is 241 g/mol. The zero-order chi connectivity index (χ0) is 13.4. The summed E-state index contributed by atoms with van der Waals surface area (Å²) in [5.74, 6) is 0.920.